The van der Waals surface area contributed by atoms with E-state index in [-0.39, 0.29) is 21.1 Å². The third-order valence-electron chi connectivity index (χ3n) is 3.25. The maximum atomic E-state index is 8.00. The van der Waals surface area contributed by atoms with Crippen molar-refractivity contribution in [1.82, 2.24) is 0 Å². The number of hydrogen-bond donors (Lipinski definition) is 0. The molecule has 0 saturated heterocycles. The molecule has 0 fully saturated rings. The largest absolute Gasteiger partial charge is 0.380 e. The zero-order valence-corrected chi connectivity index (χ0v) is 24.0. The van der Waals surface area contributed by atoms with Gasteiger partial charge in [0.1, 0.15) is 33.9 Å². The number of hydrogen-bond acceptors (Lipinski definition) is 6. The minimum Gasteiger partial charge on any atom is -0.380 e. The summed E-state index contributed by atoms with van der Waals surface area (Å²) in [6, 6.07) is 10.1. The Morgan fingerprint density at radius 3 is 1.41 bits per heavy atom. The Labute approximate surface area is 221 Å². The summed E-state index contributed by atoms with van der Waals surface area (Å²) in [5.41, 5.74) is 1.22. The average Bonchev–Trinajstić information content (AvgIpc) is 2.92. The van der Waals surface area contributed by atoms with Gasteiger partial charge in [-0.15, -0.1) is 6.58 Å². The van der Waals surface area contributed by atoms with Crippen LogP contribution in [-0.2, 0) is 56.4 Å². The Morgan fingerprint density at radius 1 is 0.676 bits per heavy atom. The molecule has 0 N–H and O–H groups in total. The van der Waals surface area contributed by atoms with Crippen molar-refractivity contribution in [3.63, 3.8) is 0 Å². The van der Waals surface area contributed by atoms with Gasteiger partial charge in [0, 0.05) is 28.2 Å². The topological polar surface area (TPSA) is 94.6 Å². The molecular formula is C27H44O6W. The van der Waals surface area contributed by atoms with Crippen LogP contribution in [0.15, 0.2) is 67.3 Å². The normalized spacial score (nSPS) is 7.82. The fourth-order valence-electron chi connectivity index (χ4n) is 1.94. The van der Waals surface area contributed by atoms with Crippen LogP contribution in [0.3, 0.4) is 0 Å². The van der Waals surface area contributed by atoms with Gasteiger partial charge in [-0.05, 0) is 37.7 Å². The van der Waals surface area contributed by atoms with E-state index in [2.05, 4.69) is 37.8 Å². The van der Waals surface area contributed by atoms with Crippen LogP contribution in [0.2, 0.25) is 0 Å². The summed E-state index contributed by atoms with van der Waals surface area (Å²) >= 11 is 0. The third-order valence-corrected chi connectivity index (χ3v) is 3.25. The number of rotatable bonds is 11. The number of methoxy groups -OCH3 is 1. The zero-order chi connectivity index (χ0) is 27.0. The molecule has 0 bridgehead atoms. The first-order valence-electron chi connectivity index (χ1n) is 10.2. The van der Waals surface area contributed by atoms with Crippen LogP contribution in [0.25, 0.3) is 0 Å². The second kappa shape index (κ2) is 69.8. The first-order valence-corrected chi connectivity index (χ1v) is 10.2. The summed E-state index contributed by atoms with van der Waals surface area (Å²) in [6.45, 7) is 16.6. The van der Waals surface area contributed by atoms with Gasteiger partial charge in [0.25, 0.3) is 0 Å². The molecule has 0 saturated carbocycles. The smallest absolute Gasteiger partial charge is 0.106 e. The van der Waals surface area contributed by atoms with E-state index in [1.807, 2.05) is 70.4 Å². The summed E-state index contributed by atoms with van der Waals surface area (Å²) in [5, 5.41) is 0. The second-order valence-electron chi connectivity index (χ2n) is 5.45. The van der Waals surface area contributed by atoms with Gasteiger partial charge in [-0.3, -0.25) is 0 Å². The number of allylic oxidation sites excluding steroid dienone is 5. The molecule has 0 aliphatic rings. The summed E-state index contributed by atoms with van der Waals surface area (Å²) in [6.07, 6.45) is 19.6. The predicted octanol–water partition coefficient (Wildman–Crippen LogP) is 5.94. The van der Waals surface area contributed by atoms with Crippen LogP contribution in [-0.4, -0.2) is 41.1 Å². The van der Waals surface area contributed by atoms with Gasteiger partial charge < -0.3 is 28.7 Å². The number of carbonyl (C=O) groups excluding carboxylic acids is 5. The van der Waals surface area contributed by atoms with Crippen molar-refractivity contribution in [2.45, 2.75) is 58.5 Å². The molecule has 0 heterocycles. The van der Waals surface area contributed by atoms with E-state index in [1.165, 1.54) is 37.7 Å². The van der Waals surface area contributed by atoms with Gasteiger partial charge in [0.05, 0.1) is 6.61 Å². The molecule has 0 spiro atoms. The quantitative estimate of drug-likeness (QED) is 0.218. The molecule has 0 aliphatic heterocycles. The van der Waals surface area contributed by atoms with Gasteiger partial charge >= 0.3 is 0 Å². The van der Waals surface area contributed by atoms with Gasteiger partial charge in [-0.2, -0.15) is 0 Å². The Morgan fingerprint density at radius 2 is 1.06 bits per heavy atom. The SMILES string of the molecule is C=CCCC=CCCC=CCCCC.C=O.C=O.C=O.C=O.C=O.COCc1ccccc1.[W]. The summed E-state index contributed by atoms with van der Waals surface area (Å²) < 4.78 is 4.93. The zero-order valence-electron chi connectivity index (χ0n) is 21.0. The first-order chi connectivity index (χ1) is 16.3. The molecule has 1 aromatic rings. The molecule has 0 aliphatic carbocycles. The molecule has 0 unspecified atom stereocenters. The van der Waals surface area contributed by atoms with Crippen molar-refractivity contribution < 1.29 is 49.8 Å². The van der Waals surface area contributed by atoms with Crippen LogP contribution in [0.5, 0.6) is 0 Å². The Bertz CT molecular complexity index is 484. The van der Waals surface area contributed by atoms with E-state index in [4.69, 9.17) is 28.7 Å². The Kier molecular flexibility index (Phi) is 100. The van der Waals surface area contributed by atoms with Gasteiger partial charge in [-0.25, -0.2) is 0 Å². The summed E-state index contributed by atoms with van der Waals surface area (Å²) in [5.74, 6) is 0. The van der Waals surface area contributed by atoms with Gasteiger partial charge in [-0.1, -0.05) is 80.5 Å². The molecule has 194 valence electrons. The molecule has 34 heavy (non-hydrogen) atoms. The number of ether oxygens (including phenoxy) is 1. The minimum absolute atomic E-state index is 0. The van der Waals surface area contributed by atoms with Crippen LogP contribution >= 0.6 is 0 Å². The first kappa shape index (κ1) is 48.8. The fourth-order valence-corrected chi connectivity index (χ4v) is 1.94. The Hall–Kier alpha value is -2.56. The molecular weight excluding hydrogens is 604 g/mol. The van der Waals surface area contributed by atoms with Crippen molar-refractivity contribution in [2.24, 2.45) is 0 Å². The maximum absolute atomic E-state index is 8.00. The van der Waals surface area contributed by atoms with Crippen molar-refractivity contribution in [3.8, 4) is 0 Å². The minimum atomic E-state index is 0. The average molecular weight is 648 g/mol. The molecule has 1 rings (SSSR count). The third kappa shape index (κ3) is 63.0. The fraction of sp³-hybridized carbons (Fsp3) is 0.370. The molecule has 6 nitrogen and oxygen atoms in total. The number of unbranched alkanes of at least 4 members (excludes halogenated alkanes) is 4. The van der Waals surface area contributed by atoms with E-state index in [0.717, 1.165) is 12.8 Å². The molecule has 7 heteroatoms. The van der Waals surface area contributed by atoms with Crippen molar-refractivity contribution in [3.05, 3.63) is 72.9 Å². The number of benzene rings is 1. The van der Waals surface area contributed by atoms with Crippen molar-refractivity contribution >= 4 is 33.9 Å². The Balaban J connectivity index is -0.0000000630. The van der Waals surface area contributed by atoms with E-state index in [9.17, 15) is 0 Å². The van der Waals surface area contributed by atoms with Crippen LogP contribution < -0.4 is 0 Å². The second-order valence-corrected chi connectivity index (χ2v) is 5.45. The van der Waals surface area contributed by atoms with E-state index in [1.54, 1.807) is 7.11 Å². The van der Waals surface area contributed by atoms with E-state index in [0.29, 0.717) is 6.61 Å². The van der Waals surface area contributed by atoms with Gasteiger partial charge in [0.15, 0.2) is 0 Å². The predicted molar refractivity (Wildman–Crippen MR) is 139 cm³/mol. The monoisotopic (exact) mass is 648 g/mol. The standard InChI is InChI=1S/C14H24.C8H10O.5CH2O.W/c1-3-5-7-9-11-13-14-12-10-8-6-4-2;1-9-7-8-5-3-2-4-6-8;5*1-2;/h3,9-12H,1,4-8,13-14H2,2H3;2-6H,7H2,1H3;5*1H2;. The van der Waals surface area contributed by atoms with E-state index < -0.39 is 0 Å². The van der Waals surface area contributed by atoms with Crippen molar-refractivity contribution in [2.75, 3.05) is 7.11 Å². The van der Waals surface area contributed by atoms with Crippen LogP contribution in [0.1, 0.15) is 57.4 Å². The van der Waals surface area contributed by atoms with Gasteiger partial charge in [0.2, 0.25) is 0 Å². The van der Waals surface area contributed by atoms with Crippen LogP contribution in [0.4, 0.5) is 0 Å². The molecule has 0 atom stereocenters. The number of carbonyl (C=O) groups is 5. The molecule has 0 amide bonds. The van der Waals surface area contributed by atoms with Crippen LogP contribution in [0, 0.1) is 0 Å². The summed E-state index contributed by atoms with van der Waals surface area (Å²) in [7, 11) is 1.70. The summed E-state index contributed by atoms with van der Waals surface area (Å²) in [4.78, 5) is 40.0. The molecule has 0 radical (unpaired) electrons. The van der Waals surface area contributed by atoms with E-state index >= 15 is 0 Å². The van der Waals surface area contributed by atoms with Crippen molar-refractivity contribution in [1.29, 1.82) is 0 Å². The molecule has 1 aromatic carbocycles. The maximum Gasteiger partial charge on any atom is 0.106 e. The molecule has 0 aromatic heterocycles.